The van der Waals surface area contributed by atoms with Crippen LogP contribution in [0.15, 0.2) is 12.1 Å². The first kappa shape index (κ1) is 15.6. The third-order valence-electron chi connectivity index (χ3n) is 4.91. The molecule has 1 nitrogen and oxygen atoms in total. The van der Waals surface area contributed by atoms with Crippen LogP contribution in [-0.2, 0) is 6.42 Å². The van der Waals surface area contributed by atoms with Crippen LogP contribution in [-0.4, -0.2) is 11.2 Å². The van der Waals surface area contributed by atoms with E-state index in [1.54, 1.807) is 0 Å². The van der Waals surface area contributed by atoms with E-state index in [0.717, 1.165) is 18.8 Å². The normalized spacial score (nSPS) is 18.2. The van der Waals surface area contributed by atoms with Gasteiger partial charge in [-0.2, -0.15) is 0 Å². The molecule has 1 aromatic carbocycles. The highest BCUT2D eigenvalue weighted by molar-refractivity contribution is 5.37. The average Bonchev–Trinajstić information content (AvgIpc) is 2.42. The van der Waals surface area contributed by atoms with Gasteiger partial charge in [-0.15, -0.1) is 0 Å². The molecule has 0 aromatic heterocycles. The first-order valence-corrected chi connectivity index (χ1v) is 8.31. The summed E-state index contributed by atoms with van der Waals surface area (Å²) in [6, 6.07) is 4.46. The summed E-state index contributed by atoms with van der Waals surface area (Å²) in [5, 5.41) is 10.4. The molecule has 1 atom stereocenters. The van der Waals surface area contributed by atoms with Crippen LogP contribution >= 0.6 is 0 Å². The van der Waals surface area contributed by atoms with Gasteiger partial charge in [0.05, 0.1) is 6.10 Å². The molecule has 0 bridgehead atoms. The molecule has 0 amide bonds. The van der Waals surface area contributed by atoms with Crippen molar-refractivity contribution in [1.29, 1.82) is 0 Å². The van der Waals surface area contributed by atoms with Crippen LogP contribution in [0.2, 0.25) is 0 Å². The zero-order chi connectivity index (χ0) is 14.5. The maximum Gasteiger partial charge on any atom is 0.0580 e. The molecular weight excluding hydrogens is 244 g/mol. The highest BCUT2D eigenvalue weighted by Gasteiger charge is 2.16. The van der Waals surface area contributed by atoms with E-state index in [1.807, 2.05) is 0 Å². The summed E-state index contributed by atoms with van der Waals surface area (Å²) >= 11 is 0. The minimum Gasteiger partial charge on any atom is -0.393 e. The molecule has 2 rings (SSSR count). The Morgan fingerprint density at radius 1 is 1.05 bits per heavy atom. The van der Waals surface area contributed by atoms with Gasteiger partial charge in [-0.3, -0.25) is 0 Å². The number of aliphatic hydroxyl groups is 1. The molecule has 1 aliphatic rings. The van der Waals surface area contributed by atoms with Crippen molar-refractivity contribution in [2.24, 2.45) is 5.92 Å². The molecule has 1 heteroatoms. The third-order valence-corrected chi connectivity index (χ3v) is 4.91. The predicted octanol–water partition coefficient (Wildman–Crippen LogP) is 4.88. The number of hydrogen-bond donors (Lipinski definition) is 1. The molecule has 0 spiro atoms. The molecule has 0 saturated heterocycles. The molecule has 0 radical (unpaired) electrons. The fourth-order valence-corrected chi connectivity index (χ4v) is 3.77. The highest BCUT2D eigenvalue weighted by atomic mass is 16.3. The summed E-state index contributed by atoms with van der Waals surface area (Å²) < 4.78 is 0. The fourth-order valence-electron chi connectivity index (χ4n) is 3.77. The van der Waals surface area contributed by atoms with Gasteiger partial charge in [0, 0.05) is 0 Å². The minimum absolute atomic E-state index is 0.169. The Morgan fingerprint density at radius 2 is 1.65 bits per heavy atom. The van der Waals surface area contributed by atoms with Crippen molar-refractivity contribution in [1.82, 2.24) is 0 Å². The molecule has 112 valence electrons. The first-order valence-electron chi connectivity index (χ1n) is 8.31. The third kappa shape index (κ3) is 4.34. The van der Waals surface area contributed by atoms with E-state index >= 15 is 0 Å². The lowest BCUT2D eigenvalue weighted by atomic mass is 9.84. The molecule has 1 saturated carbocycles. The summed E-state index contributed by atoms with van der Waals surface area (Å²) in [5.41, 5.74) is 5.34. The van der Waals surface area contributed by atoms with Gasteiger partial charge in [0.25, 0.3) is 0 Å². The molecule has 0 aliphatic heterocycles. The van der Waals surface area contributed by atoms with E-state index < -0.39 is 0 Å². The maximum atomic E-state index is 10.4. The van der Waals surface area contributed by atoms with Crippen LogP contribution in [0.25, 0.3) is 0 Å². The van der Waals surface area contributed by atoms with E-state index in [2.05, 4.69) is 32.9 Å². The quantitative estimate of drug-likeness (QED) is 0.811. The summed E-state index contributed by atoms with van der Waals surface area (Å²) in [6.07, 6.45) is 9.82. The fraction of sp³-hybridized carbons (Fsp3) is 0.684. The molecule has 0 heterocycles. The summed E-state index contributed by atoms with van der Waals surface area (Å²) in [6.45, 7) is 6.48. The molecule has 1 fully saturated rings. The van der Waals surface area contributed by atoms with Crippen LogP contribution in [0.1, 0.15) is 67.2 Å². The number of aryl methyl sites for hydroxylation is 3. The Hall–Kier alpha value is -0.820. The van der Waals surface area contributed by atoms with Crippen molar-refractivity contribution in [3.8, 4) is 0 Å². The van der Waals surface area contributed by atoms with Crippen molar-refractivity contribution >= 4 is 0 Å². The van der Waals surface area contributed by atoms with Gasteiger partial charge in [-0.05, 0) is 62.6 Å². The second-order valence-corrected chi connectivity index (χ2v) is 6.82. The van der Waals surface area contributed by atoms with Crippen LogP contribution in [0, 0.1) is 26.7 Å². The molecule has 1 aliphatic carbocycles. The number of hydrogen-bond acceptors (Lipinski definition) is 1. The molecule has 1 aromatic rings. The topological polar surface area (TPSA) is 20.2 Å². The largest absolute Gasteiger partial charge is 0.393 e. The van der Waals surface area contributed by atoms with Crippen molar-refractivity contribution in [2.75, 3.05) is 0 Å². The smallest absolute Gasteiger partial charge is 0.0580 e. The standard InChI is InChI=1S/C19H30O/c1-14-11-15(2)19(16(3)12-14)13-18(20)10-9-17-7-5-4-6-8-17/h11-12,17-18,20H,4-10,13H2,1-3H3. The molecule has 1 N–H and O–H groups in total. The van der Waals surface area contributed by atoms with E-state index in [1.165, 1.54) is 60.8 Å². The lowest BCUT2D eigenvalue weighted by molar-refractivity contribution is 0.149. The Morgan fingerprint density at radius 3 is 2.25 bits per heavy atom. The Labute approximate surface area is 124 Å². The number of rotatable bonds is 5. The maximum absolute atomic E-state index is 10.4. The number of aliphatic hydroxyl groups excluding tert-OH is 1. The van der Waals surface area contributed by atoms with Crippen LogP contribution in [0.3, 0.4) is 0 Å². The first-order chi connectivity index (χ1) is 9.56. The second kappa shape index (κ2) is 7.26. The Bertz CT molecular complexity index is 406. The zero-order valence-electron chi connectivity index (χ0n) is 13.4. The summed E-state index contributed by atoms with van der Waals surface area (Å²) in [4.78, 5) is 0. The summed E-state index contributed by atoms with van der Waals surface area (Å²) in [7, 11) is 0. The van der Waals surface area contributed by atoms with Crippen LogP contribution < -0.4 is 0 Å². The van der Waals surface area contributed by atoms with Crippen molar-refractivity contribution < 1.29 is 5.11 Å². The Balaban J connectivity index is 1.86. The van der Waals surface area contributed by atoms with Crippen molar-refractivity contribution in [3.63, 3.8) is 0 Å². The van der Waals surface area contributed by atoms with Crippen molar-refractivity contribution in [2.45, 2.75) is 78.2 Å². The summed E-state index contributed by atoms with van der Waals surface area (Å²) in [5.74, 6) is 0.874. The van der Waals surface area contributed by atoms with E-state index in [4.69, 9.17) is 0 Å². The number of benzene rings is 1. The Kier molecular flexibility index (Phi) is 5.65. The van der Waals surface area contributed by atoms with Gasteiger partial charge in [0.1, 0.15) is 0 Å². The molecule has 20 heavy (non-hydrogen) atoms. The van der Waals surface area contributed by atoms with E-state index in [0.29, 0.717) is 0 Å². The molecular formula is C19H30O. The van der Waals surface area contributed by atoms with Gasteiger partial charge in [0.15, 0.2) is 0 Å². The zero-order valence-corrected chi connectivity index (χ0v) is 13.4. The highest BCUT2D eigenvalue weighted by Crippen LogP contribution is 2.28. The van der Waals surface area contributed by atoms with Crippen molar-refractivity contribution in [3.05, 3.63) is 34.4 Å². The van der Waals surface area contributed by atoms with Gasteiger partial charge in [0.2, 0.25) is 0 Å². The average molecular weight is 274 g/mol. The van der Waals surface area contributed by atoms with Gasteiger partial charge >= 0.3 is 0 Å². The lowest BCUT2D eigenvalue weighted by Gasteiger charge is -2.23. The van der Waals surface area contributed by atoms with Crippen LogP contribution in [0.4, 0.5) is 0 Å². The molecule has 1 unspecified atom stereocenters. The second-order valence-electron chi connectivity index (χ2n) is 6.82. The predicted molar refractivity (Wildman–Crippen MR) is 86.2 cm³/mol. The van der Waals surface area contributed by atoms with Gasteiger partial charge in [-0.25, -0.2) is 0 Å². The van der Waals surface area contributed by atoms with Gasteiger partial charge in [-0.1, -0.05) is 49.8 Å². The van der Waals surface area contributed by atoms with E-state index in [-0.39, 0.29) is 6.10 Å². The van der Waals surface area contributed by atoms with Gasteiger partial charge < -0.3 is 5.11 Å². The SMILES string of the molecule is Cc1cc(C)c(CC(O)CCC2CCCCC2)c(C)c1. The van der Waals surface area contributed by atoms with Crippen LogP contribution in [0.5, 0.6) is 0 Å². The minimum atomic E-state index is -0.169. The van der Waals surface area contributed by atoms with E-state index in [9.17, 15) is 5.11 Å². The monoisotopic (exact) mass is 274 g/mol. The lowest BCUT2D eigenvalue weighted by Crippen LogP contribution is -2.15.